The zero-order valence-electron chi connectivity index (χ0n) is 21.8. The van der Waals surface area contributed by atoms with Crippen molar-refractivity contribution in [3.05, 3.63) is 23.9 Å². The van der Waals surface area contributed by atoms with E-state index in [1.54, 1.807) is 39.2 Å². The summed E-state index contributed by atoms with van der Waals surface area (Å²) in [5.74, 6) is 2.26. The molecule has 1 aromatic carbocycles. The predicted molar refractivity (Wildman–Crippen MR) is 144 cm³/mol. The highest BCUT2D eigenvalue weighted by molar-refractivity contribution is 7.99. The highest BCUT2D eigenvalue weighted by Crippen LogP contribution is 2.41. The Kier molecular flexibility index (Phi) is 11.6. The van der Waals surface area contributed by atoms with Gasteiger partial charge in [-0.15, -0.1) is 0 Å². The number of amides is 1. The number of methoxy groups -OCH3 is 3. The summed E-state index contributed by atoms with van der Waals surface area (Å²) >= 11 is 1.58. The molecule has 1 amide bonds. The SMILES string of the molecule is CCCCCCSc1nc(C(=O)NCCC2CNCCN2)cc(-c2cc(OC)c(OC)c(OC)c2)n1. The molecule has 1 aromatic heterocycles. The fourth-order valence-electron chi connectivity index (χ4n) is 4.04. The van der Waals surface area contributed by atoms with Gasteiger partial charge in [0.25, 0.3) is 5.91 Å². The molecule has 0 radical (unpaired) electrons. The summed E-state index contributed by atoms with van der Waals surface area (Å²) < 4.78 is 16.5. The van der Waals surface area contributed by atoms with Crippen molar-refractivity contribution in [2.45, 2.75) is 50.2 Å². The molecule has 36 heavy (non-hydrogen) atoms. The smallest absolute Gasteiger partial charge is 0.270 e. The molecule has 2 heterocycles. The number of carbonyl (C=O) groups is 1. The van der Waals surface area contributed by atoms with Gasteiger partial charge >= 0.3 is 0 Å². The third kappa shape index (κ3) is 7.97. The first-order valence-electron chi connectivity index (χ1n) is 12.6. The third-order valence-electron chi connectivity index (χ3n) is 6.03. The van der Waals surface area contributed by atoms with Crippen molar-refractivity contribution < 1.29 is 19.0 Å². The first-order valence-corrected chi connectivity index (χ1v) is 13.6. The van der Waals surface area contributed by atoms with Crippen molar-refractivity contribution in [1.82, 2.24) is 25.9 Å². The van der Waals surface area contributed by atoms with E-state index in [1.165, 1.54) is 19.3 Å². The average Bonchev–Trinajstić information content (AvgIpc) is 2.92. The number of aromatic nitrogens is 2. The number of thioether (sulfide) groups is 1. The highest BCUT2D eigenvalue weighted by Gasteiger charge is 2.19. The Bertz CT molecular complexity index is 960. The molecule has 1 aliphatic heterocycles. The molecule has 2 aromatic rings. The molecule has 1 saturated heterocycles. The van der Waals surface area contributed by atoms with E-state index < -0.39 is 0 Å². The maximum absolute atomic E-state index is 13.1. The van der Waals surface area contributed by atoms with E-state index in [1.807, 2.05) is 12.1 Å². The van der Waals surface area contributed by atoms with E-state index in [0.717, 1.165) is 43.8 Å². The van der Waals surface area contributed by atoms with Crippen molar-refractivity contribution in [1.29, 1.82) is 0 Å². The summed E-state index contributed by atoms with van der Waals surface area (Å²) in [5, 5.41) is 10.4. The number of nitrogens with one attached hydrogen (secondary N) is 3. The zero-order chi connectivity index (χ0) is 25.8. The summed E-state index contributed by atoms with van der Waals surface area (Å²) in [5.41, 5.74) is 1.73. The Hall–Kier alpha value is -2.56. The Labute approximate surface area is 218 Å². The molecule has 198 valence electrons. The van der Waals surface area contributed by atoms with Crippen molar-refractivity contribution in [3.8, 4) is 28.5 Å². The molecular formula is C26H39N5O4S. The molecule has 1 aliphatic rings. The molecule has 0 bridgehead atoms. The lowest BCUT2D eigenvalue weighted by Gasteiger charge is -2.24. The number of nitrogens with zero attached hydrogens (tertiary/aromatic N) is 2. The van der Waals surface area contributed by atoms with Gasteiger partial charge in [0.1, 0.15) is 5.69 Å². The Balaban J connectivity index is 1.83. The first-order chi connectivity index (χ1) is 17.6. The molecule has 0 spiro atoms. The monoisotopic (exact) mass is 517 g/mol. The van der Waals surface area contributed by atoms with Crippen LogP contribution in [0, 0.1) is 0 Å². The van der Waals surface area contributed by atoms with Gasteiger partial charge in [0.15, 0.2) is 16.7 Å². The van der Waals surface area contributed by atoms with Crippen molar-refractivity contribution >= 4 is 17.7 Å². The van der Waals surface area contributed by atoms with E-state index >= 15 is 0 Å². The lowest BCUT2D eigenvalue weighted by Crippen LogP contribution is -2.49. The van der Waals surface area contributed by atoms with Gasteiger partial charge in [-0.1, -0.05) is 37.9 Å². The molecule has 1 atom stereocenters. The van der Waals surface area contributed by atoms with Crippen LogP contribution in [0.3, 0.4) is 0 Å². The van der Waals surface area contributed by atoms with E-state index in [0.29, 0.717) is 46.4 Å². The number of hydrogen-bond donors (Lipinski definition) is 3. The fraction of sp³-hybridized carbons (Fsp3) is 0.577. The van der Waals surface area contributed by atoms with Crippen LogP contribution in [0.5, 0.6) is 17.2 Å². The molecule has 0 aliphatic carbocycles. The van der Waals surface area contributed by atoms with Crippen molar-refractivity contribution in [3.63, 3.8) is 0 Å². The van der Waals surface area contributed by atoms with Gasteiger partial charge in [-0.05, 0) is 31.0 Å². The van der Waals surface area contributed by atoms with E-state index in [4.69, 9.17) is 19.2 Å². The second-order valence-corrected chi connectivity index (χ2v) is 9.71. The Morgan fingerprint density at radius 3 is 2.47 bits per heavy atom. The van der Waals surface area contributed by atoms with Crippen LogP contribution < -0.4 is 30.2 Å². The van der Waals surface area contributed by atoms with Crippen molar-refractivity contribution in [2.75, 3.05) is 53.3 Å². The molecule has 3 rings (SSSR count). The summed E-state index contributed by atoms with van der Waals surface area (Å²) in [6.45, 7) is 5.60. The van der Waals surface area contributed by atoms with Gasteiger partial charge < -0.3 is 30.2 Å². The minimum Gasteiger partial charge on any atom is -0.493 e. The fourth-order valence-corrected chi connectivity index (χ4v) is 4.90. The molecular weight excluding hydrogens is 478 g/mol. The second-order valence-electron chi connectivity index (χ2n) is 8.64. The number of benzene rings is 1. The standard InChI is InChI=1S/C26H39N5O4S/c1-5-6-7-8-13-36-26-30-20(18-14-22(33-2)24(35-4)23(15-18)34-3)16-21(31-26)25(32)29-10-9-19-17-27-11-12-28-19/h14-16,19,27-28H,5-13,17H2,1-4H3,(H,29,32). The van der Waals surface area contributed by atoms with Crippen LogP contribution in [0.2, 0.25) is 0 Å². The first kappa shape index (κ1) is 28.0. The van der Waals surface area contributed by atoms with Crippen LogP contribution in [-0.2, 0) is 0 Å². The maximum Gasteiger partial charge on any atom is 0.270 e. The van der Waals surface area contributed by atoms with Crippen LogP contribution in [0.1, 0.15) is 49.5 Å². The summed E-state index contributed by atoms with van der Waals surface area (Å²) in [6.07, 6.45) is 5.51. The molecule has 3 N–H and O–H groups in total. The van der Waals surface area contributed by atoms with Crippen molar-refractivity contribution in [2.24, 2.45) is 0 Å². The molecule has 0 saturated carbocycles. The van der Waals surface area contributed by atoms with E-state index in [9.17, 15) is 4.79 Å². The normalized spacial score (nSPS) is 15.4. The molecule has 10 heteroatoms. The lowest BCUT2D eigenvalue weighted by atomic mass is 10.1. The van der Waals surface area contributed by atoms with Crippen LogP contribution in [0.4, 0.5) is 0 Å². The summed E-state index contributed by atoms with van der Waals surface area (Å²) in [6, 6.07) is 5.75. The van der Waals surface area contributed by atoms with E-state index in [-0.39, 0.29) is 5.91 Å². The van der Waals surface area contributed by atoms with Crippen LogP contribution in [0.25, 0.3) is 11.3 Å². The van der Waals surface area contributed by atoms with Gasteiger partial charge in [0, 0.05) is 43.5 Å². The Morgan fingerprint density at radius 2 is 1.83 bits per heavy atom. The van der Waals surface area contributed by atoms with Gasteiger partial charge in [-0.25, -0.2) is 9.97 Å². The number of carbonyl (C=O) groups excluding carboxylic acids is 1. The van der Waals surface area contributed by atoms with Gasteiger partial charge in [0.2, 0.25) is 5.75 Å². The Morgan fingerprint density at radius 1 is 1.06 bits per heavy atom. The predicted octanol–water partition coefficient (Wildman–Crippen LogP) is 3.52. The number of hydrogen-bond acceptors (Lipinski definition) is 9. The lowest BCUT2D eigenvalue weighted by molar-refractivity contribution is 0.0946. The minimum atomic E-state index is -0.206. The van der Waals surface area contributed by atoms with Crippen LogP contribution >= 0.6 is 11.8 Å². The summed E-state index contributed by atoms with van der Waals surface area (Å²) in [7, 11) is 4.72. The third-order valence-corrected chi connectivity index (χ3v) is 6.97. The number of piperazine rings is 1. The second kappa shape index (κ2) is 14.9. The minimum absolute atomic E-state index is 0.206. The number of ether oxygens (including phenoxy) is 3. The van der Waals surface area contributed by atoms with Crippen LogP contribution in [-0.4, -0.2) is 75.2 Å². The largest absolute Gasteiger partial charge is 0.493 e. The number of unbranched alkanes of at least 4 members (excludes halogenated alkanes) is 3. The van der Waals surface area contributed by atoms with Gasteiger partial charge in [-0.2, -0.15) is 0 Å². The van der Waals surface area contributed by atoms with Gasteiger partial charge in [-0.3, -0.25) is 4.79 Å². The zero-order valence-corrected chi connectivity index (χ0v) is 22.6. The topological polar surface area (TPSA) is 107 Å². The highest BCUT2D eigenvalue weighted by atomic mass is 32.2. The maximum atomic E-state index is 13.1. The van der Waals surface area contributed by atoms with E-state index in [2.05, 4.69) is 27.9 Å². The van der Waals surface area contributed by atoms with Gasteiger partial charge in [0.05, 0.1) is 27.0 Å². The average molecular weight is 518 g/mol. The molecule has 1 unspecified atom stereocenters. The molecule has 1 fully saturated rings. The van der Waals surface area contributed by atoms with Crippen LogP contribution in [0.15, 0.2) is 23.4 Å². The summed E-state index contributed by atoms with van der Waals surface area (Å²) in [4.78, 5) is 22.4. The molecule has 9 nitrogen and oxygen atoms in total. The number of rotatable bonds is 14. The quantitative estimate of drug-likeness (QED) is 0.197.